The van der Waals surface area contributed by atoms with Gasteiger partial charge in [0, 0.05) is 0 Å². The molecule has 1 aromatic rings. The quantitative estimate of drug-likeness (QED) is 0.486. The minimum absolute atomic E-state index is 0.0169. The summed E-state index contributed by atoms with van der Waals surface area (Å²) in [6.07, 6.45) is 23.1. The molecule has 140 valence electrons. The molecule has 1 heteroatoms. The SMILES string of the molecule is CC1C=CC=C(c2ccccc2P(C2CCCCC2)C2CCCCC2)C1. The van der Waals surface area contributed by atoms with Crippen LogP contribution in [0.15, 0.2) is 42.5 Å². The van der Waals surface area contributed by atoms with Crippen LogP contribution in [0.5, 0.6) is 0 Å². The van der Waals surface area contributed by atoms with E-state index < -0.39 is 0 Å². The molecule has 0 saturated heterocycles. The minimum Gasteiger partial charge on any atom is -0.0814 e. The topological polar surface area (TPSA) is 0 Å². The van der Waals surface area contributed by atoms with Crippen LogP contribution in [0.1, 0.15) is 83.1 Å². The molecule has 0 spiro atoms. The van der Waals surface area contributed by atoms with E-state index in [1.54, 1.807) is 16.4 Å². The maximum atomic E-state index is 2.52. The summed E-state index contributed by atoms with van der Waals surface area (Å²) >= 11 is 0. The first-order valence-corrected chi connectivity index (χ1v) is 12.6. The lowest BCUT2D eigenvalue weighted by Crippen LogP contribution is -2.28. The summed E-state index contributed by atoms with van der Waals surface area (Å²) in [4.78, 5) is 0. The Labute approximate surface area is 161 Å². The summed E-state index contributed by atoms with van der Waals surface area (Å²) in [6, 6.07) is 9.56. The molecule has 0 nitrogen and oxygen atoms in total. The van der Waals surface area contributed by atoms with Crippen LogP contribution in [0.4, 0.5) is 0 Å². The highest BCUT2D eigenvalue weighted by Crippen LogP contribution is 2.56. The molecule has 3 aliphatic carbocycles. The average molecular weight is 367 g/mol. The van der Waals surface area contributed by atoms with Crippen molar-refractivity contribution in [2.45, 2.75) is 88.9 Å². The predicted octanol–water partition coefficient (Wildman–Crippen LogP) is 7.44. The Morgan fingerprint density at radius 2 is 1.42 bits per heavy atom. The molecule has 1 atom stereocenters. The third-order valence-corrected chi connectivity index (χ3v) is 10.3. The largest absolute Gasteiger partial charge is 0.0814 e. The van der Waals surface area contributed by atoms with Crippen molar-refractivity contribution < 1.29 is 0 Å². The molecular weight excluding hydrogens is 331 g/mol. The predicted molar refractivity (Wildman–Crippen MR) is 118 cm³/mol. The fraction of sp³-hybridized carbons (Fsp3) is 0.600. The molecular formula is C25H35P. The van der Waals surface area contributed by atoms with Crippen LogP contribution >= 0.6 is 7.92 Å². The minimum atomic E-state index is -0.0169. The van der Waals surface area contributed by atoms with E-state index in [1.807, 2.05) is 0 Å². The van der Waals surface area contributed by atoms with E-state index in [2.05, 4.69) is 49.4 Å². The van der Waals surface area contributed by atoms with Crippen LogP contribution in [0.25, 0.3) is 5.57 Å². The van der Waals surface area contributed by atoms with Gasteiger partial charge >= 0.3 is 0 Å². The summed E-state index contributed by atoms with van der Waals surface area (Å²) in [6.45, 7) is 2.36. The zero-order valence-corrected chi connectivity index (χ0v) is 17.4. The van der Waals surface area contributed by atoms with Crippen molar-refractivity contribution in [3.8, 4) is 0 Å². The molecule has 4 rings (SSSR count). The Kier molecular flexibility index (Phi) is 6.31. The van der Waals surface area contributed by atoms with Crippen LogP contribution in [-0.4, -0.2) is 11.3 Å². The summed E-state index contributed by atoms with van der Waals surface area (Å²) in [5, 5.41) is 1.76. The van der Waals surface area contributed by atoms with Gasteiger partial charge in [-0.1, -0.05) is 95.9 Å². The first kappa shape index (κ1) is 18.5. The van der Waals surface area contributed by atoms with E-state index in [-0.39, 0.29) is 7.92 Å². The Bertz CT molecular complexity index is 626. The lowest BCUT2D eigenvalue weighted by molar-refractivity contribution is 0.487. The highest BCUT2D eigenvalue weighted by molar-refractivity contribution is 7.67. The van der Waals surface area contributed by atoms with E-state index in [4.69, 9.17) is 0 Å². The van der Waals surface area contributed by atoms with Crippen LogP contribution in [-0.2, 0) is 0 Å². The van der Waals surface area contributed by atoms with E-state index in [1.165, 1.54) is 70.6 Å². The van der Waals surface area contributed by atoms with Gasteiger partial charge in [0.1, 0.15) is 0 Å². The number of allylic oxidation sites excluding steroid dienone is 4. The zero-order valence-electron chi connectivity index (χ0n) is 16.5. The lowest BCUT2D eigenvalue weighted by atomic mass is 9.91. The van der Waals surface area contributed by atoms with Gasteiger partial charge in [-0.3, -0.25) is 0 Å². The van der Waals surface area contributed by atoms with Crippen molar-refractivity contribution in [3.63, 3.8) is 0 Å². The molecule has 2 saturated carbocycles. The molecule has 0 aromatic heterocycles. The van der Waals surface area contributed by atoms with E-state index >= 15 is 0 Å². The Balaban J connectivity index is 1.71. The van der Waals surface area contributed by atoms with Gasteiger partial charge in [0.25, 0.3) is 0 Å². The van der Waals surface area contributed by atoms with Crippen molar-refractivity contribution in [1.82, 2.24) is 0 Å². The zero-order chi connectivity index (χ0) is 17.8. The summed E-state index contributed by atoms with van der Waals surface area (Å²) in [5.41, 5.74) is 5.17. The normalized spacial score (nSPS) is 25.5. The second kappa shape index (κ2) is 8.88. The number of hydrogen-bond donors (Lipinski definition) is 0. The van der Waals surface area contributed by atoms with E-state index in [0.29, 0.717) is 5.92 Å². The van der Waals surface area contributed by atoms with Crippen molar-refractivity contribution in [2.24, 2.45) is 5.92 Å². The standard InChI is InChI=1S/C25H35P/c1-20-11-10-12-21(19-20)24-17-8-9-18-25(24)26(22-13-4-2-5-14-22)23-15-6-3-7-16-23/h8-12,17-18,20,22-23H,2-7,13-16,19H2,1H3. The third-order valence-electron chi connectivity index (χ3n) is 6.74. The van der Waals surface area contributed by atoms with Crippen LogP contribution in [0.3, 0.4) is 0 Å². The average Bonchev–Trinajstić information content (AvgIpc) is 2.70. The van der Waals surface area contributed by atoms with Gasteiger partial charge in [-0.2, -0.15) is 0 Å². The van der Waals surface area contributed by atoms with Crippen molar-refractivity contribution in [1.29, 1.82) is 0 Å². The van der Waals surface area contributed by atoms with Gasteiger partial charge in [0.15, 0.2) is 0 Å². The Morgan fingerprint density at radius 1 is 0.808 bits per heavy atom. The molecule has 0 aliphatic heterocycles. The molecule has 3 aliphatic rings. The molecule has 1 unspecified atom stereocenters. The van der Waals surface area contributed by atoms with Crippen LogP contribution < -0.4 is 5.30 Å². The fourth-order valence-corrected chi connectivity index (χ4v) is 9.40. The molecule has 0 radical (unpaired) electrons. The van der Waals surface area contributed by atoms with Gasteiger partial charge in [-0.15, -0.1) is 0 Å². The maximum absolute atomic E-state index is 2.52. The highest BCUT2D eigenvalue weighted by atomic mass is 31.1. The number of benzene rings is 1. The van der Waals surface area contributed by atoms with Crippen molar-refractivity contribution in [2.75, 3.05) is 0 Å². The van der Waals surface area contributed by atoms with E-state index in [9.17, 15) is 0 Å². The Morgan fingerprint density at radius 3 is 2.04 bits per heavy atom. The van der Waals surface area contributed by atoms with Crippen LogP contribution in [0, 0.1) is 5.92 Å². The summed E-state index contributed by atoms with van der Waals surface area (Å²) < 4.78 is 0. The molecule has 0 heterocycles. The van der Waals surface area contributed by atoms with Gasteiger partial charge in [-0.25, -0.2) is 0 Å². The maximum Gasteiger partial charge on any atom is -0.0147 e. The Hall–Kier alpha value is -0.870. The molecule has 1 aromatic carbocycles. The molecule has 26 heavy (non-hydrogen) atoms. The van der Waals surface area contributed by atoms with Crippen molar-refractivity contribution >= 4 is 18.8 Å². The van der Waals surface area contributed by atoms with Crippen LogP contribution in [0.2, 0.25) is 0 Å². The highest BCUT2D eigenvalue weighted by Gasteiger charge is 2.33. The molecule has 2 fully saturated rings. The van der Waals surface area contributed by atoms with Gasteiger partial charge in [0.05, 0.1) is 0 Å². The first-order valence-electron chi connectivity index (χ1n) is 11.1. The van der Waals surface area contributed by atoms with E-state index in [0.717, 1.165) is 11.3 Å². The second-order valence-electron chi connectivity index (χ2n) is 8.77. The smallest absolute Gasteiger partial charge is 0.0147 e. The summed E-state index contributed by atoms with van der Waals surface area (Å²) in [7, 11) is -0.0169. The monoisotopic (exact) mass is 366 g/mol. The second-order valence-corrected chi connectivity index (χ2v) is 11.5. The molecule has 0 bridgehead atoms. The molecule has 0 amide bonds. The first-order chi connectivity index (χ1) is 12.8. The van der Waals surface area contributed by atoms with Gasteiger partial charge in [0.2, 0.25) is 0 Å². The third kappa shape index (κ3) is 4.17. The fourth-order valence-electron chi connectivity index (χ4n) is 5.42. The van der Waals surface area contributed by atoms with Crippen molar-refractivity contribution in [3.05, 3.63) is 48.1 Å². The van der Waals surface area contributed by atoms with Gasteiger partial charge < -0.3 is 0 Å². The van der Waals surface area contributed by atoms with Gasteiger partial charge in [-0.05, 0) is 65.8 Å². The molecule has 0 N–H and O–H groups in total. The number of rotatable bonds is 4. The lowest BCUT2D eigenvalue weighted by Gasteiger charge is -2.40. The number of hydrogen-bond acceptors (Lipinski definition) is 0. The summed E-state index contributed by atoms with van der Waals surface area (Å²) in [5.74, 6) is 0.679.